The van der Waals surface area contributed by atoms with Crippen molar-refractivity contribution in [1.29, 1.82) is 0 Å². The molecular weight excluding hydrogens is 402 g/mol. The number of piperazine rings is 1. The molecule has 0 bridgehead atoms. The molecule has 3 heterocycles. The number of rotatable bonds is 5. The number of carbonyl (C=O) groups excluding carboxylic acids is 1. The van der Waals surface area contributed by atoms with Crippen LogP contribution in [0.1, 0.15) is 25.3 Å². The standard InChI is InChI=1S/C22H30ClN5O2/c1-2-30-22(29)28-12-10-27(11-13-28)20-4-3-9-26(16-20)15-18-14-24-25-21(18)17-5-7-19(23)8-6-17/h5-8,14,20H,2-4,9-13,15-16H2,1H3,(H,24,25). The van der Waals surface area contributed by atoms with Gasteiger partial charge in [0.15, 0.2) is 0 Å². The summed E-state index contributed by atoms with van der Waals surface area (Å²) in [5, 5.41) is 8.18. The van der Waals surface area contributed by atoms with Gasteiger partial charge < -0.3 is 9.64 Å². The highest BCUT2D eigenvalue weighted by Crippen LogP contribution is 2.26. The molecular formula is C22H30ClN5O2. The van der Waals surface area contributed by atoms with Gasteiger partial charge in [0.25, 0.3) is 0 Å². The Labute approximate surface area is 182 Å². The van der Waals surface area contributed by atoms with Crippen molar-refractivity contribution in [2.45, 2.75) is 32.4 Å². The molecule has 4 rings (SSSR count). The van der Waals surface area contributed by atoms with Crippen molar-refractivity contribution in [3.63, 3.8) is 0 Å². The first kappa shape index (κ1) is 21.2. The summed E-state index contributed by atoms with van der Waals surface area (Å²) in [6.07, 6.45) is 4.16. The van der Waals surface area contributed by atoms with Crippen LogP contribution in [-0.4, -0.2) is 82.9 Å². The highest BCUT2D eigenvalue weighted by atomic mass is 35.5. The molecule has 1 N–H and O–H groups in total. The SMILES string of the molecule is CCOC(=O)N1CCN(C2CCCN(Cc3cn[nH]c3-c3ccc(Cl)cc3)C2)CC1. The van der Waals surface area contributed by atoms with E-state index in [1.807, 2.05) is 42.3 Å². The van der Waals surface area contributed by atoms with Gasteiger partial charge in [0.2, 0.25) is 0 Å². The molecule has 1 aromatic carbocycles. The van der Waals surface area contributed by atoms with Crippen molar-refractivity contribution in [2.75, 3.05) is 45.9 Å². The number of piperidine rings is 1. The Kier molecular flexibility index (Phi) is 6.92. The minimum absolute atomic E-state index is 0.183. The van der Waals surface area contributed by atoms with Gasteiger partial charge in [-0.1, -0.05) is 23.7 Å². The lowest BCUT2D eigenvalue weighted by molar-refractivity contribution is 0.0413. The van der Waals surface area contributed by atoms with E-state index in [0.29, 0.717) is 12.6 Å². The summed E-state index contributed by atoms with van der Waals surface area (Å²) in [5.74, 6) is 0. The molecule has 1 atom stereocenters. The fourth-order valence-corrected chi connectivity index (χ4v) is 4.62. The van der Waals surface area contributed by atoms with E-state index in [4.69, 9.17) is 16.3 Å². The Bertz CT molecular complexity index is 832. The number of hydrogen-bond donors (Lipinski definition) is 1. The van der Waals surface area contributed by atoms with Crippen LogP contribution in [0.3, 0.4) is 0 Å². The molecule has 0 spiro atoms. The quantitative estimate of drug-likeness (QED) is 0.785. The smallest absolute Gasteiger partial charge is 0.409 e. The molecule has 162 valence electrons. The Morgan fingerprint density at radius 3 is 2.70 bits per heavy atom. The van der Waals surface area contributed by atoms with Crippen LogP contribution in [0.2, 0.25) is 5.02 Å². The highest BCUT2D eigenvalue weighted by Gasteiger charge is 2.30. The molecule has 2 fully saturated rings. The fraction of sp³-hybridized carbons (Fsp3) is 0.545. The lowest BCUT2D eigenvalue weighted by Crippen LogP contribution is -2.55. The van der Waals surface area contributed by atoms with Crippen molar-refractivity contribution in [3.05, 3.63) is 41.0 Å². The lowest BCUT2D eigenvalue weighted by Gasteiger charge is -2.43. The minimum Gasteiger partial charge on any atom is -0.450 e. The molecule has 0 radical (unpaired) electrons. The summed E-state index contributed by atoms with van der Waals surface area (Å²) in [6, 6.07) is 8.42. The van der Waals surface area contributed by atoms with E-state index in [9.17, 15) is 4.79 Å². The van der Waals surface area contributed by atoms with Crippen LogP contribution >= 0.6 is 11.6 Å². The first-order valence-electron chi connectivity index (χ1n) is 10.8. The third-order valence-electron chi connectivity index (χ3n) is 6.08. The number of ether oxygens (including phenoxy) is 1. The molecule has 0 aliphatic carbocycles. The number of benzene rings is 1. The second-order valence-electron chi connectivity index (χ2n) is 8.03. The summed E-state index contributed by atoms with van der Waals surface area (Å²) in [7, 11) is 0. The molecule has 7 nitrogen and oxygen atoms in total. The monoisotopic (exact) mass is 431 g/mol. The summed E-state index contributed by atoms with van der Waals surface area (Å²) in [6.45, 7) is 8.64. The van der Waals surface area contributed by atoms with Gasteiger partial charge >= 0.3 is 6.09 Å². The van der Waals surface area contributed by atoms with Crippen molar-refractivity contribution in [3.8, 4) is 11.3 Å². The number of amides is 1. The Morgan fingerprint density at radius 1 is 1.20 bits per heavy atom. The van der Waals surface area contributed by atoms with E-state index in [-0.39, 0.29) is 6.09 Å². The molecule has 2 aliphatic rings. The van der Waals surface area contributed by atoms with Gasteiger partial charge in [-0.25, -0.2) is 4.79 Å². The van der Waals surface area contributed by atoms with E-state index in [0.717, 1.165) is 62.1 Å². The predicted molar refractivity (Wildman–Crippen MR) is 118 cm³/mol. The number of aromatic amines is 1. The maximum atomic E-state index is 11.9. The van der Waals surface area contributed by atoms with Crippen molar-refractivity contribution in [1.82, 2.24) is 24.9 Å². The molecule has 2 aromatic rings. The molecule has 2 saturated heterocycles. The molecule has 1 amide bonds. The number of carbonyl (C=O) groups is 1. The van der Waals surface area contributed by atoms with Gasteiger partial charge in [-0.05, 0) is 44.0 Å². The first-order chi connectivity index (χ1) is 14.6. The highest BCUT2D eigenvalue weighted by molar-refractivity contribution is 6.30. The van der Waals surface area contributed by atoms with Crippen LogP contribution in [0.15, 0.2) is 30.5 Å². The van der Waals surface area contributed by atoms with Crippen LogP contribution in [0.4, 0.5) is 4.79 Å². The number of aromatic nitrogens is 2. The van der Waals surface area contributed by atoms with Gasteiger partial charge in [0, 0.05) is 55.9 Å². The Morgan fingerprint density at radius 2 is 1.97 bits per heavy atom. The van der Waals surface area contributed by atoms with Crippen LogP contribution in [-0.2, 0) is 11.3 Å². The molecule has 1 aromatic heterocycles. The van der Waals surface area contributed by atoms with Gasteiger partial charge in [-0.3, -0.25) is 14.9 Å². The normalized spacial score (nSPS) is 21.0. The number of likely N-dealkylation sites (tertiary alicyclic amines) is 1. The van der Waals surface area contributed by atoms with E-state index in [1.54, 1.807) is 0 Å². The van der Waals surface area contributed by atoms with Gasteiger partial charge in [-0.15, -0.1) is 0 Å². The molecule has 2 aliphatic heterocycles. The van der Waals surface area contributed by atoms with Crippen molar-refractivity contribution < 1.29 is 9.53 Å². The van der Waals surface area contributed by atoms with Gasteiger partial charge in [0.1, 0.15) is 0 Å². The number of halogens is 1. The van der Waals surface area contributed by atoms with Gasteiger partial charge in [-0.2, -0.15) is 5.10 Å². The molecule has 30 heavy (non-hydrogen) atoms. The van der Waals surface area contributed by atoms with E-state index in [2.05, 4.69) is 20.0 Å². The zero-order valence-corrected chi connectivity index (χ0v) is 18.3. The number of H-pyrrole nitrogens is 1. The molecule has 1 unspecified atom stereocenters. The minimum atomic E-state index is -0.183. The third-order valence-corrected chi connectivity index (χ3v) is 6.33. The van der Waals surface area contributed by atoms with Crippen LogP contribution in [0.25, 0.3) is 11.3 Å². The summed E-state index contributed by atoms with van der Waals surface area (Å²) in [4.78, 5) is 18.8. The first-order valence-corrected chi connectivity index (χ1v) is 11.2. The molecule has 8 heteroatoms. The second-order valence-corrected chi connectivity index (χ2v) is 8.47. The maximum Gasteiger partial charge on any atom is 0.409 e. The van der Waals surface area contributed by atoms with Crippen LogP contribution in [0.5, 0.6) is 0 Å². The average Bonchev–Trinajstić information content (AvgIpc) is 3.23. The summed E-state index contributed by atoms with van der Waals surface area (Å²) in [5.41, 5.74) is 3.39. The van der Waals surface area contributed by atoms with Crippen molar-refractivity contribution in [2.24, 2.45) is 0 Å². The molecule has 0 saturated carbocycles. The Balaban J connectivity index is 1.34. The topological polar surface area (TPSA) is 64.7 Å². The predicted octanol–water partition coefficient (Wildman–Crippen LogP) is 3.47. The van der Waals surface area contributed by atoms with E-state index >= 15 is 0 Å². The number of nitrogens with zero attached hydrogens (tertiary/aromatic N) is 4. The Hall–Kier alpha value is -2.09. The van der Waals surface area contributed by atoms with E-state index in [1.165, 1.54) is 18.4 Å². The maximum absolute atomic E-state index is 11.9. The second kappa shape index (κ2) is 9.81. The van der Waals surface area contributed by atoms with Crippen molar-refractivity contribution >= 4 is 17.7 Å². The number of nitrogens with one attached hydrogen (secondary N) is 1. The lowest BCUT2D eigenvalue weighted by atomic mass is 10.0. The zero-order chi connectivity index (χ0) is 20.9. The third kappa shape index (κ3) is 4.96. The summed E-state index contributed by atoms with van der Waals surface area (Å²) < 4.78 is 5.14. The average molecular weight is 432 g/mol. The van der Waals surface area contributed by atoms with Crippen LogP contribution in [0, 0.1) is 0 Å². The van der Waals surface area contributed by atoms with Gasteiger partial charge in [0.05, 0.1) is 18.5 Å². The van der Waals surface area contributed by atoms with Crippen LogP contribution < -0.4 is 0 Å². The largest absolute Gasteiger partial charge is 0.450 e. The summed E-state index contributed by atoms with van der Waals surface area (Å²) >= 11 is 6.03. The number of hydrogen-bond acceptors (Lipinski definition) is 5. The van der Waals surface area contributed by atoms with E-state index < -0.39 is 0 Å². The zero-order valence-electron chi connectivity index (χ0n) is 17.5. The fourth-order valence-electron chi connectivity index (χ4n) is 4.50.